The third-order valence-corrected chi connectivity index (χ3v) is 6.28. The summed E-state index contributed by atoms with van der Waals surface area (Å²) in [7, 11) is 0. The van der Waals surface area contributed by atoms with Gasteiger partial charge in [0.15, 0.2) is 5.65 Å². The summed E-state index contributed by atoms with van der Waals surface area (Å²) in [5.41, 5.74) is 10.2. The number of benzene rings is 3. The van der Waals surface area contributed by atoms with Gasteiger partial charge in [0.05, 0.1) is 11.1 Å². The molecule has 0 spiro atoms. The van der Waals surface area contributed by atoms with Gasteiger partial charge in [-0.1, -0.05) is 42.1 Å². The lowest BCUT2D eigenvalue weighted by Crippen LogP contribution is -2.00. The number of anilines is 3. The highest BCUT2D eigenvalue weighted by molar-refractivity contribution is 7.99. The van der Waals surface area contributed by atoms with Crippen molar-refractivity contribution in [1.29, 1.82) is 0 Å². The molecule has 0 fully saturated rings. The number of ether oxygens (including phenoxy) is 1. The summed E-state index contributed by atoms with van der Waals surface area (Å²) in [6.45, 7) is 2.44. The van der Waals surface area contributed by atoms with Gasteiger partial charge in [0, 0.05) is 27.2 Å². The maximum atomic E-state index is 6.08. The second-order valence-electron chi connectivity index (χ2n) is 7.77. The fourth-order valence-electron chi connectivity index (χ4n) is 3.45. The minimum absolute atomic E-state index is 0.490. The SMILES string of the molecule is Cc1ccc2c(Nc3cc(OCc4ccccc4)ccc3Sc3ccc(N)cc3)ncnc2n1. The van der Waals surface area contributed by atoms with E-state index in [0.29, 0.717) is 18.1 Å². The fourth-order valence-corrected chi connectivity index (χ4v) is 4.34. The van der Waals surface area contributed by atoms with Crippen molar-refractivity contribution in [3.63, 3.8) is 0 Å². The number of nitrogen functional groups attached to an aromatic ring is 1. The zero-order chi connectivity index (χ0) is 23.3. The highest BCUT2D eigenvalue weighted by Gasteiger charge is 2.12. The molecule has 0 saturated carbocycles. The molecule has 0 unspecified atom stereocenters. The van der Waals surface area contributed by atoms with Crippen LogP contribution >= 0.6 is 11.8 Å². The third-order valence-electron chi connectivity index (χ3n) is 5.20. The van der Waals surface area contributed by atoms with Gasteiger partial charge in [-0.25, -0.2) is 15.0 Å². The molecule has 0 aliphatic heterocycles. The monoisotopic (exact) mass is 465 g/mol. The van der Waals surface area contributed by atoms with Crippen molar-refractivity contribution in [2.75, 3.05) is 11.1 Å². The zero-order valence-electron chi connectivity index (χ0n) is 18.6. The normalized spacial score (nSPS) is 10.9. The minimum atomic E-state index is 0.490. The Morgan fingerprint density at radius 2 is 1.74 bits per heavy atom. The van der Waals surface area contributed by atoms with Gasteiger partial charge < -0.3 is 15.8 Å². The van der Waals surface area contributed by atoms with E-state index >= 15 is 0 Å². The molecule has 0 radical (unpaired) electrons. The number of hydrogen-bond donors (Lipinski definition) is 2. The van der Waals surface area contributed by atoms with Crippen molar-refractivity contribution in [3.8, 4) is 5.75 Å². The molecule has 0 atom stereocenters. The number of fused-ring (bicyclic) bond motifs is 1. The second kappa shape index (κ2) is 9.80. The van der Waals surface area contributed by atoms with Gasteiger partial charge in [0.1, 0.15) is 24.5 Å². The van der Waals surface area contributed by atoms with Crippen molar-refractivity contribution < 1.29 is 4.74 Å². The zero-order valence-corrected chi connectivity index (χ0v) is 19.4. The first-order chi connectivity index (χ1) is 16.6. The predicted octanol–water partition coefficient (Wildman–Crippen LogP) is 6.39. The molecule has 0 aliphatic rings. The molecule has 0 amide bonds. The van der Waals surface area contributed by atoms with Gasteiger partial charge in [-0.3, -0.25) is 0 Å². The molecule has 34 heavy (non-hydrogen) atoms. The number of nitrogens with two attached hydrogens (primary N) is 1. The van der Waals surface area contributed by atoms with E-state index in [2.05, 4.69) is 26.3 Å². The fraction of sp³-hybridized carbons (Fsp3) is 0.0741. The molecule has 0 bridgehead atoms. The summed E-state index contributed by atoms with van der Waals surface area (Å²) < 4.78 is 6.08. The molecule has 6 nitrogen and oxygen atoms in total. The summed E-state index contributed by atoms with van der Waals surface area (Å²) >= 11 is 1.64. The smallest absolute Gasteiger partial charge is 0.164 e. The lowest BCUT2D eigenvalue weighted by Gasteiger charge is -2.15. The van der Waals surface area contributed by atoms with Crippen LogP contribution in [-0.2, 0) is 6.61 Å². The first-order valence-electron chi connectivity index (χ1n) is 10.8. The van der Waals surface area contributed by atoms with Crippen LogP contribution in [0.1, 0.15) is 11.3 Å². The summed E-state index contributed by atoms with van der Waals surface area (Å²) in [5.74, 6) is 1.46. The Balaban J connectivity index is 1.48. The lowest BCUT2D eigenvalue weighted by molar-refractivity contribution is 0.306. The van der Waals surface area contributed by atoms with Crippen molar-refractivity contribution in [2.45, 2.75) is 23.3 Å². The van der Waals surface area contributed by atoms with Crippen molar-refractivity contribution in [3.05, 3.63) is 103 Å². The highest BCUT2D eigenvalue weighted by Crippen LogP contribution is 2.38. The Morgan fingerprint density at radius 1 is 0.912 bits per heavy atom. The Labute approximate surface area is 202 Å². The molecule has 3 N–H and O–H groups in total. The molecular weight excluding hydrogens is 442 g/mol. The first-order valence-corrected chi connectivity index (χ1v) is 11.7. The van der Waals surface area contributed by atoms with Gasteiger partial charge in [0.25, 0.3) is 0 Å². The maximum Gasteiger partial charge on any atom is 0.164 e. The van der Waals surface area contributed by atoms with Crippen molar-refractivity contribution >= 4 is 40.0 Å². The van der Waals surface area contributed by atoms with Crippen LogP contribution < -0.4 is 15.8 Å². The summed E-state index contributed by atoms with van der Waals surface area (Å²) in [5, 5.41) is 4.34. The number of aryl methyl sites for hydroxylation is 1. The van der Waals surface area contributed by atoms with Crippen LogP contribution in [0.4, 0.5) is 17.2 Å². The van der Waals surface area contributed by atoms with E-state index in [9.17, 15) is 0 Å². The maximum absolute atomic E-state index is 6.08. The Morgan fingerprint density at radius 3 is 2.56 bits per heavy atom. The van der Waals surface area contributed by atoms with Gasteiger partial charge >= 0.3 is 0 Å². The molecule has 168 valence electrons. The molecule has 2 heterocycles. The van der Waals surface area contributed by atoms with E-state index in [1.165, 1.54) is 6.33 Å². The number of hydrogen-bond acceptors (Lipinski definition) is 7. The van der Waals surface area contributed by atoms with E-state index in [0.717, 1.165) is 43.6 Å². The van der Waals surface area contributed by atoms with Crippen LogP contribution in [0.3, 0.4) is 0 Å². The van der Waals surface area contributed by atoms with Crippen LogP contribution in [0.25, 0.3) is 11.0 Å². The third kappa shape index (κ3) is 5.10. The topological polar surface area (TPSA) is 86.0 Å². The van der Waals surface area contributed by atoms with Gasteiger partial charge in [-0.2, -0.15) is 0 Å². The Hall–Kier alpha value is -4.10. The average molecular weight is 466 g/mol. The molecule has 7 heteroatoms. The molecule has 2 aromatic heterocycles. The number of rotatable bonds is 7. The van der Waals surface area contributed by atoms with Crippen molar-refractivity contribution in [1.82, 2.24) is 15.0 Å². The van der Waals surface area contributed by atoms with E-state index in [1.54, 1.807) is 11.8 Å². The first kappa shape index (κ1) is 21.7. The molecule has 5 rings (SSSR count). The summed E-state index contributed by atoms with van der Waals surface area (Å²) in [4.78, 5) is 15.4. The van der Waals surface area contributed by atoms with Crippen molar-refractivity contribution in [2.24, 2.45) is 0 Å². The number of nitrogens with one attached hydrogen (secondary N) is 1. The molecule has 0 aliphatic carbocycles. The van der Waals surface area contributed by atoms with Gasteiger partial charge in [0.2, 0.25) is 0 Å². The van der Waals surface area contributed by atoms with Crippen LogP contribution in [-0.4, -0.2) is 15.0 Å². The molecule has 3 aromatic carbocycles. The lowest BCUT2D eigenvalue weighted by atomic mass is 10.2. The number of pyridine rings is 1. The predicted molar refractivity (Wildman–Crippen MR) is 138 cm³/mol. The van der Waals surface area contributed by atoms with E-state index in [-0.39, 0.29) is 0 Å². The van der Waals surface area contributed by atoms with Crippen LogP contribution in [0.2, 0.25) is 0 Å². The molecular formula is C27H23N5OS. The summed E-state index contributed by atoms with van der Waals surface area (Å²) in [6.07, 6.45) is 1.53. The van der Waals surface area contributed by atoms with Crippen LogP contribution in [0.5, 0.6) is 5.75 Å². The largest absolute Gasteiger partial charge is 0.489 e. The number of nitrogens with zero attached hydrogens (tertiary/aromatic N) is 3. The van der Waals surface area contributed by atoms with E-state index in [1.807, 2.05) is 85.8 Å². The average Bonchev–Trinajstić information content (AvgIpc) is 2.86. The van der Waals surface area contributed by atoms with Crippen LogP contribution in [0.15, 0.2) is 101 Å². The Kier molecular flexibility index (Phi) is 6.27. The number of aromatic nitrogens is 3. The van der Waals surface area contributed by atoms with Gasteiger partial charge in [-0.05, 0) is 61.0 Å². The van der Waals surface area contributed by atoms with Gasteiger partial charge in [-0.15, -0.1) is 0 Å². The summed E-state index contributed by atoms with van der Waals surface area (Å²) in [6, 6.07) is 27.9. The molecule has 5 aromatic rings. The quantitative estimate of drug-likeness (QED) is 0.269. The van der Waals surface area contributed by atoms with Crippen LogP contribution in [0, 0.1) is 6.92 Å². The standard InChI is InChI=1S/C27H23N5OS/c1-18-7-13-23-26(31-18)29-17-30-27(23)32-24-15-21(33-16-19-5-3-2-4-6-19)10-14-25(24)34-22-11-8-20(28)9-12-22/h2-15,17H,16,28H2,1H3,(H,29,30,31,32). The Bertz CT molecular complexity index is 1420. The van der Waals surface area contributed by atoms with E-state index in [4.69, 9.17) is 10.5 Å². The minimum Gasteiger partial charge on any atom is -0.489 e. The molecule has 0 saturated heterocycles. The highest BCUT2D eigenvalue weighted by atomic mass is 32.2. The van der Waals surface area contributed by atoms with E-state index < -0.39 is 0 Å². The second-order valence-corrected chi connectivity index (χ2v) is 8.89.